The van der Waals surface area contributed by atoms with Gasteiger partial charge in [0.25, 0.3) is 0 Å². The Morgan fingerprint density at radius 2 is 1.84 bits per heavy atom. The van der Waals surface area contributed by atoms with Crippen molar-refractivity contribution in [2.24, 2.45) is 0 Å². The highest BCUT2D eigenvalue weighted by atomic mass is 19.4. The molecule has 37 heavy (non-hydrogen) atoms. The van der Waals surface area contributed by atoms with Crippen molar-refractivity contribution in [2.45, 2.75) is 52.0 Å². The van der Waals surface area contributed by atoms with Gasteiger partial charge in [-0.05, 0) is 45.4 Å². The van der Waals surface area contributed by atoms with Crippen LogP contribution in [0, 0.1) is 0 Å². The van der Waals surface area contributed by atoms with Gasteiger partial charge in [0.2, 0.25) is 0 Å². The van der Waals surface area contributed by atoms with E-state index in [4.69, 9.17) is 4.74 Å². The Balaban J connectivity index is 1.92. The fraction of sp³-hybridized carbons (Fsp3) is 0.560. The molecule has 1 saturated heterocycles. The van der Waals surface area contributed by atoms with Crippen LogP contribution in [0.4, 0.5) is 22.8 Å². The molecule has 1 aromatic carbocycles. The SMILES string of the molecule is CCOC(=O)C1=C(CN2CCN(C(=O)NC(C)C)[C@H](C)C2)N(C)C(=O)N[C@H]1c1ccc(C(F)(F)F)cc1. The smallest absolute Gasteiger partial charge is 0.416 e. The molecule has 0 bridgehead atoms. The van der Waals surface area contributed by atoms with Crippen LogP contribution in [0.5, 0.6) is 0 Å². The second kappa shape index (κ2) is 11.4. The van der Waals surface area contributed by atoms with E-state index >= 15 is 0 Å². The number of carbonyl (C=O) groups excluding carboxylic acids is 3. The van der Waals surface area contributed by atoms with Crippen LogP contribution in [0.2, 0.25) is 0 Å². The van der Waals surface area contributed by atoms with Gasteiger partial charge in [-0.1, -0.05) is 12.1 Å². The quantitative estimate of drug-likeness (QED) is 0.556. The second-order valence-corrected chi connectivity index (χ2v) is 9.52. The van der Waals surface area contributed by atoms with Gasteiger partial charge >= 0.3 is 24.2 Å². The minimum Gasteiger partial charge on any atom is -0.463 e. The van der Waals surface area contributed by atoms with E-state index in [0.29, 0.717) is 30.9 Å². The van der Waals surface area contributed by atoms with Gasteiger partial charge in [0.1, 0.15) is 0 Å². The van der Waals surface area contributed by atoms with Crippen molar-refractivity contribution in [2.75, 3.05) is 39.8 Å². The number of hydrogen-bond donors (Lipinski definition) is 2. The van der Waals surface area contributed by atoms with E-state index < -0.39 is 29.8 Å². The zero-order valence-corrected chi connectivity index (χ0v) is 21.7. The third-order valence-electron chi connectivity index (χ3n) is 6.40. The van der Waals surface area contributed by atoms with Gasteiger partial charge in [0.05, 0.1) is 23.8 Å². The van der Waals surface area contributed by atoms with Crippen molar-refractivity contribution in [1.29, 1.82) is 0 Å². The Kier molecular flexibility index (Phi) is 8.72. The fourth-order valence-electron chi connectivity index (χ4n) is 4.53. The van der Waals surface area contributed by atoms with Crippen LogP contribution >= 0.6 is 0 Å². The Bertz CT molecular complexity index is 1040. The maximum absolute atomic E-state index is 13.1. The number of amides is 4. The van der Waals surface area contributed by atoms with Crippen LogP contribution in [0.25, 0.3) is 0 Å². The standard InChI is InChI=1S/C25H34F3N5O4/c1-6-37-22(34)20-19(14-32-11-12-33(16(4)13-32)24(36)29-15(2)3)31(5)23(35)30-21(20)17-7-9-18(10-8-17)25(26,27)28/h7-10,15-16,21H,6,11-14H2,1-5H3,(H,29,36)(H,30,35)/t16-,21+/m1/s1. The van der Waals surface area contributed by atoms with Gasteiger partial charge in [-0.15, -0.1) is 0 Å². The van der Waals surface area contributed by atoms with Crippen LogP contribution in [0.3, 0.4) is 0 Å². The highest BCUT2D eigenvalue weighted by Crippen LogP contribution is 2.34. The van der Waals surface area contributed by atoms with Crippen molar-refractivity contribution in [3.05, 3.63) is 46.7 Å². The van der Waals surface area contributed by atoms with E-state index in [1.807, 2.05) is 25.7 Å². The predicted molar refractivity (Wildman–Crippen MR) is 130 cm³/mol. The van der Waals surface area contributed by atoms with Crippen LogP contribution in [0.15, 0.2) is 35.5 Å². The Morgan fingerprint density at radius 1 is 1.19 bits per heavy atom. The van der Waals surface area contributed by atoms with Gasteiger partial charge in [0, 0.05) is 51.0 Å². The average Bonchev–Trinajstić information content (AvgIpc) is 2.81. The zero-order chi connectivity index (χ0) is 27.5. The normalized spacial score (nSPS) is 21.3. The lowest BCUT2D eigenvalue weighted by Gasteiger charge is -2.42. The molecular weight excluding hydrogens is 491 g/mol. The molecule has 2 aliphatic heterocycles. The maximum atomic E-state index is 13.1. The summed E-state index contributed by atoms with van der Waals surface area (Å²) >= 11 is 0. The molecule has 204 valence electrons. The number of alkyl halides is 3. The number of nitrogens with one attached hydrogen (secondary N) is 2. The number of ether oxygens (including phenoxy) is 1. The summed E-state index contributed by atoms with van der Waals surface area (Å²) < 4.78 is 44.5. The first-order chi connectivity index (χ1) is 17.3. The molecule has 0 spiro atoms. The van der Waals surface area contributed by atoms with Crippen molar-refractivity contribution < 1.29 is 32.3 Å². The molecule has 2 N–H and O–H groups in total. The first kappa shape index (κ1) is 28.3. The number of urea groups is 2. The predicted octanol–water partition coefficient (Wildman–Crippen LogP) is 3.34. The minimum absolute atomic E-state index is 0.00607. The van der Waals surface area contributed by atoms with Crippen molar-refractivity contribution in [3.8, 4) is 0 Å². The molecule has 0 aliphatic carbocycles. The van der Waals surface area contributed by atoms with Crippen LogP contribution in [-0.2, 0) is 15.7 Å². The highest BCUT2D eigenvalue weighted by molar-refractivity contribution is 5.95. The molecule has 1 fully saturated rings. The number of carbonyl (C=O) groups is 3. The van der Waals surface area contributed by atoms with Crippen LogP contribution in [0.1, 0.15) is 44.9 Å². The molecule has 4 amide bonds. The summed E-state index contributed by atoms with van der Waals surface area (Å²) in [6, 6.07) is 2.63. The first-order valence-corrected chi connectivity index (χ1v) is 12.2. The summed E-state index contributed by atoms with van der Waals surface area (Å²) in [5, 5.41) is 5.61. The molecule has 2 atom stereocenters. The van der Waals surface area contributed by atoms with Crippen LogP contribution < -0.4 is 10.6 Å². The molecule has 0 saturated carbocycles. The van der Waals surface area contributed by atoms with E-state index in [-0.39, 0.29) is 36.8 Å². The van der Waals surface area contributed by atoms with Crippen molar-refractivity contribution >= 4 is 18.0 Å². The molecule has 3 rings (SSSR count). The number of benzene rings is 1. The van der Waals surface area contributed by atoms with E-state index in [1.165, 1.54) is 24.1 Å². The minimum atomic E-state index is -4.51. The Labute approximate surface area is 214 Å². The molecule has 1 aromatic rings. The largest absolute Gasteiger partial charge is 0.463 e. The van der Waals surface area contributed by atoms with Gasteiger partial charge < -0.3 is 20.3 Å². The number of piperazine rings is 1. The highest BCUT2D eigenvalue weighted by Gasteiger charge is 2.39. The third-order valence-corrected chi connectivity index (χ3v) is 6.40. The van der Waals surface area contributed by atoms with Gasteiger partial charge in [-0.2, -0.15) is 13.2 Å². The van der Waals surface area contributed by atoms with E-state index in [9.17, 15) is 27.6 Å². The van der Waals surface area contributed by atoms with Crippen LogP contribution in [-0.4, -0.2) is 84.6 Å². The zero-order valence-electron chi connectivity index (χ0n) is 21.7. The van der Waals surface area contributed by atoms with Crippen molar-refractivity contribution in [1.82, 2.24) is 25.3 Å². The monoisotopic (exact) mass is 525 g/mol. The van der Waals surface area contributed by atoms with Gasteiger partial charge in [-0.25, -0.2) is 14.4 Å². The molecule has 12 heteroatoms. The molecule has 2 heterocycles. The maximum Gasteiger partial charge on any atom is 0.416 e. The van der Waals surface area contributed by atoms with E-state index in [2.05, 4.69) is 10.6 Å². The number of esters is 1. The lowest BCUT2D eigenvalue weighted by molar-refractivity contribution is -0.139. The lowest BCUT2D eigenvalue weighted by atomic mass is 9.93. The molecule has 0 unspecified atom stereocenters. The molecule has 0 aromatic heterocycles. The average molecular weight is 526 g/mol. The summed E-state index contributed by atoms with van der Waals surface area (Å²) in [5.41, 5.74) is 0.0695. The number of nitrogens with zero attached hydrogens (tertiary/aromatic N) is 3. The third kappa shape index (κ3) is 6.54. The van der Waals surface area contributed by atoms with Gasteiger partial charge in [0.15, 0.2) is 0 Å². The second-order valence-electron chi connectivity index (χ2n) is 9.52. The number of hydrogen-bond acceptors (Lipinski definition) is 5. The molecule has 9 nitrogen and oxygen atoms in total. The topological polar surface area (TPSA) is 94.2 Å². The Morgan fingerprint density at radius 3 is 2.38 bits per heavy atom. The first-order valence-electron chi connectivity index (χ1n) is 12.2. The fourth-order valence-corrected chi connectivity index (χ4v) is 4.53. The van der Waals surface area contributed by atoms with E-state index in [0.717, 1.165) is 12.1 Å². The Hall–Kier alpha value is -3.28. The lowest BCUT2D eigenvalue weighted by Crippen LogP contribution is -2.58. The summed E-state index contributed by atoms with van der Waals surface area (Å²) in [6.45, 7) is 9.14. The molecule has 0 radical (unpaired) electrons. The van der Waals surface area contributed by atoms with Gasteiger partial charge in [-0.3, -0.25) is 9.80 Å². The summed E-state index contributed by atoms with van der Waals surface area (Å²) in [5.74, 6) is -0.655. The number of likely N-dealkylation sites (N-methyl/N-ethyl adjacent to an activating group) is 1. The summed E-state index contributed by atoms with van der Waals surface area (Å²) in [7, 11) is 1.53. The van der Waals surface area contributed by atoms with Crippen molar-refractivity contribution in [3.63, 3.8) is 0 Å². The van der Waals surface area contributed by atoms with E-state index in [1.54, 1.807) is 11.8 Å². The number of halogens is 3. The molecule has 2 aliphatic rings. The summed E-state index contributed by atoms with van der Waals surface area (Å²) in [6.07, 6.45) is -4.51. The number of rotatable bonds is 6. The molecular formula is C25H34F3N5O4. The summed E-state index contributed by atoms with van der Waals surface area (Å²) in [4.78, 5) is 43.6.